The molecule has 2 aromatic carbocycles. The molecule has 1 aliphatic carbocycles. The summed E-state index contributed by atoms with van der Waals surface area (Å²) in [4.78, 5) is 30.2. The number of ether oxygens (including phenoxy) is 1. The molecule has 1 atom stereocenters. The van der Waals surface area contributed by atoms with E-state index in [-0.39, 0.29) is 24.3 Å². The van der Waals surface area contributed by atoms with E-state index in [9.17, 15) is 9.59 Å². The number of nitrogens with one attached hydrogen (secondary N) is 1. The van der Waals surface area contributed by atoms with Crippen LogP contribution in [0.15, 0.2) is 66.0 Å². The number of benzene rings is 2. The van der Waals surface area contributed by atoms with Crippen LogP contribution in [0.2, 0.25) is 0 Å². The van der Waals surface area contributed by atoms with Crippen molar-refractivity contribution in [2.45, 2.75) is 51.1 Å². The van der Waals surface area contributed by atoms with Gasteiger partial charge in [0.2, 0.25) is 11.8 Å². The first-order valence-corrected chi connectivity index (χ1v) is 12.3. The third kappa shape index (κ3) is 5.45. The Labute approximate surface area is 199 Å². The zero-order valence-electron chi connectivity index (χ0n) is 19.1. The second-order valence-electron chi connectivity index (χ2n) is 8.47. The van der Waals surface area contributed by atoms with E-state index in [1.165, 1.54) is 0 Å². The summed E-state index contributed by atoms with van der Waals surface area (Å²) in [6, 6.07) is 18.5. The summed E-state index contributed by atoms with van der Waals surface area (Å²) in [5.41, 5.74) is 2.49. The van der Waals surface area contributed by atoms with E-state index < -0.39 is 6.04 Å². The molecule has 3 aromatic rings. The van der Waals surface area contributed by atoms with Gasteiger partial charge >= 0.3 is 0 Å². The van der Waals surface area contributed by atoms with Crippen molar-refractivity contribution in [3.05, 3.63) is 82.0 Å². The molecule has 1 unspecified atom stereocenters. The van der Waals surface area contributed by atoms with Crippen LogP contribution < -0.4 is 15.0 Å². The molecule has 6 heteroatoms. The van der Waals surface area contributed by atoms with Gasteiger partial charge in [-0.25, -0.2) is 0 Å². The van der Waals surface area contributed by atoms with Crippen LogP contribution in [-0.4, -0.2) is 25.0 Å². The van der Waals surface area contributed by atoms with Gasteiger partial charge in [0.15, 0.2) is 0 Å². The van der Waals surface area contributed by atoms with E-state index in [0.717, 1.165) is 41.7 Å². The van der Waals surface area contributed by atoms with Gasteiger partial charge in [-0.05, 0) is 66.6 Å². The van der Waals surface area contributed by atoms with Gasteiger partial charge in [-0.3, -0.25) is 14.5 Å². The van der Waals surface area contributed by atoms with E-state index in [0.29, 0.717) is 11.4 Å². The fourth-order valence-electron chi connectivity index (χ4n) is 4.47. The Morgan fingerprint density at radius 1 is 1.06 bits per heavy atom. The van der Waals surface area contributed by atoms with Crippen LogP contribution in [-0.2, 0) is 16.0 Å². The van der Waals surface area contributed by atoms with E-state index >= 15 is 0 Å². The normalized spacial score (nSPS) is 14.6. The number of carbonyl (C=O) groups excluding carboxylic acids is 2. The molecular formula is C27H30N2O3S. The second kappa shape index (κ2) is 10.7. The summed E-state index contributed by atoms with van der Waals surface area (Å²) in [6.45, 7) is 1.99. The highest BCUT2D eigenvalue weighted by Gasteiger charge is 2.35. The topological polar surface area (TPSA) is 58.6 Å². The van der Waals surface area contributed by atoms with Gasteiger partial charge in [0.25, 0.3) is 0 Å². The highest BCUT2D eigenvalue weighted by atomic mass is 32.1. The van der Waals surface area contributed by atoms with E-state index in [1.807, 2.05) is 73.0 Å². The van der Waals surface area contributed by atoms with Gasteiger partial charge in [-0.1, -0.05) is 43.2 Å². The summed E-state index contributed by atoms with van der Waals surface area (Å²) in [5, 5.41) is 5.20. The Hall–Kier alpha value is -3.12. The van der Waals surface area contributed by atoms with Crippen molar-refractivity contribution in [3.8, 4) is 5.75 Å². The average Bonchev–Trinajstić information content (AvgIpc) is 3.52. The van der Waals surface area contributed by atoms with Crippen molar-refractivity contribution in [3.63, 3.8) is 0 Å². The minimum absolute atomic E-state index is 0.113. The van der Waals surface area contributed by atoms with Crippen LogP contribution in [0.5, 0.6) is 5.75 Å². The Balaban J connectivity index is 1.77. The molecule has 0 radical (unpaired) electrons. The van der Waals surface area contributed by atoms with E-state index in [2.05, 4.69) is 5.32 Å². The highest BCUT2D eigenvalue weighted by molar-refractivity contribution is 7.10. The molecule has 1 N–H and O–H groups in total. The van der Waals surface area contributed by atoms with Gasteiger partial charge in [0.05, 0.1) is 13.5 Å². The maximum atomic E-state index is 13.8. The molecule has 0 bridgehead atoms. The average molecular weight is 463 g/mol. The van der Waals surface area contributed by atoms with Crippen molar-refractivity contribution >= 4 is 28.8 Å². The Morgan fingerprint density at radius 3 is 2.42 bits per heavy atom. The number of hydrogen-bond donors (Lipinski definition) is 1. The largest absolute Gasteiger partial charge is 0.497 e. The molecule has 4 rings (SSSR count). The van der Waals surface area contributed by atoms with Crippen LogP contribution in [0.25, 0.3) is 0 Å². The first-order valence-electron chi connectivity index (χ1n) is 11.4. The predicted molar refractivity (Wildman–Crippen MR) is 133 cm³/mol. The molecular weight excluding hydrogens is 432 g/mol. The number of anilines is 1. The number of amides is 2. The van der Waals surface area contributed by atoms with Crippen molar-refractivity contribution < 1.29 is 14.3 Å². The molecule has 1 saturated carbocycles. The highest BCUT2D eigenvalue weighted by Crippen LogP contribution is 2.32. The standard InChI is InChI=1S/C27H30N2O3S/c1-19-8-3-6-12-24(19)26(27(31)28-20-9-4-5-10-20)29(21-13-15-22(32-2)16-14-21)25(30)18-23-11-7-17-33-23/h3,6-8,11-17,20,26H,4-5,9-10,18H2,1-2H3,(H,28,31). The third-order valence-electron chi connectivity index (χ3n) is 6.22. The minimum atomic E-state index is -0.757. The quantitative estimate of drug-likeness (QED) is 0.485. The number of nitrogens with zero attached hydrogens (tertiary/aromatic N) is 1. The Bertz CT molecular complexity index is 1070. The summed E-state index contributed by atoms with van der Waals surface area (Å²) < 4.78 is 5.31. The lowest BCUT2D eigenvalue weighted by Crippen LogP contribution is -2.47. The summed E-state index contributed by atoms with van der Waals surface area (Å²) in [5.74, 6) is 0.455. The van der Waals surface area contributed by atoms with Gasteiger partial charge < -0.3 is 10.1 Å². The van der Waals surface area contributed by atoms with Gasteiger partial charge in [-0.2, -0.15) is 0 Å². The number of hydrogen-bond acceptors (Lipinski definition) is 4. The van der Waals surface area contributed by atoms with Gasteiger partial charge in [0.1, 0.15) is 11.8 Å². The second-order valence-corrected chi connectivity index (χ2v) is 9.50. The lowest BCUT2D eigenvalue weighted by molar-refractivity contribution is -0.127. The molecule has 1 fully saturated rings. The molecule has 1 aliphatic rings. The molecule has 1 aromatic heterocycles. The predicted octanol–water partition coefficient (Wildman–Crippen LogP) is 5.44. The van der Waals surface area contributed by atoms with Crippen LogP contribution in [0.1, 0.15) is 47.7 Å². The SMILES string of the molecule is COc1ccc(N(C(=O)Cc2cccs2)C(C(=O)NC2CCCC2)c2ccccc2C)cc1. The Kier molecular flexibility index (Phi) is 7.45. The summed E-state index contributed by atoms with van der Waals surface area (Å²) in [7, 11) is 1.61. The number of thiophene rings is 1. The fourth-order valence-corrected chi connectivity index (χ4v) is 5.16. The molecule has 0 saturated heterocycles. The van der Waals surface area contributed by atoms with Gasteiger partial charge in [-0.15, -0.1) is 11.3 Å². The van der Waals surface area contributed by atoms with Crippen molar-refractivity contribution in [2.75, 3.05) is 12.0 Å². The lowest BCUT2D eigenvalue weighted by Gasteiger charge is -2.33. The number of methoxy groups -OCH3 is 1. The molecule has 5 nitrogen and oxygen atoms in total. The van der Waals surface area contributed by atoms with Crippen molar-refractivity contribution in [1.82, 2.24) is 5.32 Å². The summed E-state index contributed by atoms with van der Waals surface area (Å²) in [6.07, 6.45) is 4.46. The molecule has 0 aliphatic heterocycles. The zero-order chi connectivity index (χ0) is 23.2. The number of rotatable bonds is 8. The molecule has 0 spiro atoms. The van der Waals surface area contributed by atoms with Crippen molar-refractivity contribution in [2.24, 2.45) is 0 Å². The first kappa shape index (κ1) is 23.1. The van der Waals surface area contributed by atoms with Crippen LogP contribution in [0.4, 0.5) is 5.69 Å². The fraction of sp³-hybridized carbons (Fsp3) is 0.333. The maximum Gasteiger partial charge on any atom is 0.248 e. The molecule has 1 heterocycles. The van der Waals surface area contributed by atoms with Crippen LogP contribution in [0.3, 0.4) is 0 Å². The van der Waals surface area contributed by atoms with Crippen LogP contribution >= 0.6 is 11.3 Å². The smallest absolute Gasteiger partial charge is 0.248 e. The lowest BCUT2D eigenvalue weighted by atomic mass is 9.97. The van der Waals surface area contributed by atoms with Gasteiger partial charge in [0, 0.05) is 16.6 Å². The minimum Gasteiger partial charge on any atom is -0.497 e. The van der Waals surface area contributed by atoms with Crippen LogP contribution in [0, 0.1) is 6.92 Å². The first-order chi connectivity index (χ1) is 16.1. The third-order valence-corrected chi connectivity index (χ3v) is 7.09. The van der Waals surface area contributed by atoms with E-state index in [4.69, 9.17) is 4.74 Å². The molecule has 2 amide bonds. The Morgan fingerprint density at radius 2 is 1.79 bits per heavy atom. The number of aryl methyl sites for hydroxylation is 1. The van der Waals surface area contributed by atoms with E-state index in [1.54, 1.807) is 23.3 Å². The molecule has 172 valence electrons. The van der Waals surface area contributed by atoms with Crippen molar-refractivity contribution in [1.29, 1.82) is 0 Å². The summed E-state index contributed by atoms with van der Waals surface area (Å²) >= 11 is 1.55. The maximum absolute atomic E-state index is 13.8. The molecule has 33 heavy (non-hydrogen) atoms. The number of carbonyl (C=O) groups is 2. The monoisotopic (exact) mass is 462 g/mol. The zero-order valence-corrected chi connectivity index (χ0v) is 19.9.